The van der Waals surface area contributed by atoms with E-state index < -0.39 is 5.60 Å². The highest BCUT2D eigenvalue weighted by atomic mass is 16.6. The first-order valence-corrected chi connectivity index (χ1v) is 10.5. The van der Waals surface area contributed by atoms with Gasteiger partial charge in [-0.1, -0.05) is 48.5 Å². The third-order valence-electron chi connectivity index (χ3n) is 5.60. The van der Waals surface area contributed by atoms with Crippen LogP contribution in [0.3, 0.4) is 0 Å². The third kappa shape index (κ3) is 4.47. The second kappa shape index (κ2) is 7.94. The van der Waals surface area contributed by atoms with Gasteiger partial charge in [0.05, 0.1) is 0 Å². The number of carbonyl (C=O) groups is 1. The van der Waals surface area contributed by atoms with E-state index in [1.807, 2.05) is 25.7 Å². The zero-order valence-corrected chi connectivity index (χ0v) is 17.6. The van der Waals surface area contributed by atoms with Gasteiger partial charge in [-0.3, -0.25) is 0 Å². The molecule has 0 bridgehead atoms. The summed E-state index contributed by atoms with van der Waals surface area (Å²) in [5.74, 6) is 0.468. The number of ether oxygens (including phenoxy) is 1. The van der Waals surface area contributed by atoms with Crippen LogP contribution in [0, 0.1) is 0 Å². The third-order valence-corrected chi connectivity index (χ3v) is 5.60. The van der Waals surface area contributed by atoms with E-state index in [9.17, 15) is 4.79 Å². The van der Waals surface area contributed by atoms with Gasteiger partial charge in [-0.15, -0.1) is 0 Å². The topological polar surface area (TPSA) is 34.5 Å². The van der Waals surface area contributed by atoms with Crippen molar-refractivity contribution in [3.8, 4) is 0 Å². The molecule has 4 rings (SSSR count). The Kier molecular flexibility index (Phi) is 5.35. The molecule has 0 radical (unpaired) electrons. The first kappa shape index (κ1) is 19.6. The molecule has 0 spiro atoms. The van der Waals surface area contributed by atoms with Crippen LogP contribution in [0.25, 0.3) is 10.9 Å². The summed E-state index contributed by atoms with van der Waals surface area (Å²) in [7, 11) is 0. The van der Waals surface area contributed by atoms with Crippen molar-refractivity contribution < 1.29 is 9.53 Å². The van der Waals surface area contributed by atoms with Crippen LogP contribution < -0.4 is 0 Å². The van der Waals surface area contributed by atoms with E-state index in [1.54, 1.807) is 0 Å². The van der Waals surface area contributed by atoms with Gasteiger partial charge < -0.3 is 14.2 Å². The summed E-state index contributed by atoms with van der Waals surface area (Å²) in [6.45, 7) is 8.12. The van der Waals surface area contributed by atoms with Crippen LogP contribution >= 0.6 is 0 Å². The smallest absolute Gasteiger partial charge is 0.410 e. The van der Waals surface area contributed by atoms with Gasteiger partial charge in [-0.05, 0) is 56.7 Å². The number of nitrogens with zero attached hydrogens (tertiary/aromatic N) is 2. The van der Waals surface area contributed by atoms with Gasteiger partial charge >= 0.3 is 6.09 Å². The van der Waals surface area contributed by atoms with E-state index in [0.717, 1.165) is 32.5 Å². The highest BCUT2D eigenvalue weighted by Crippen LogP contribution is 2.35. The lowest BCUT2D eigenvalue weighted by atomic mass is 9.89. The maximum atomic E-state index is 12.4. The standard InChI is InChI=1S/C25H30N2O2/c1-25(2,3)29-24(28)26-15-13-20(14-16-26)22-18-27(17-19-9-5-4-6-10-19)23-12-8-7-11-21(22)23/h4-12,18,20H,13-17H2,1-3H3. The van der Waals surface area contributed by atoms with Crippen molar-refractivity contribution in [2.24, 2.45) is 0 Å². The molecule has 1 aliphatic heterocycles. The predicted molar refractivity (Wildman–Crippen MR) is 117 cm³/mol. The number of para-hydroxylation sites is 1. The molecule has 1 saturated heterocycles. The Labute approximate surface area is 173 Å². The van der Waals surface area contributed by atoms with Crippen molar-refractivity contribution in [1.29, 1.82) is 0 Å². The predicted octanol–water partition coefficient (Wildman–Crippen LogP) is 5.80. The Balaban J connectivity index is 1.52. The monoisotopic (exact) mass is 390 g/mol. The molecule has 0 aliphatic carbocycles. The van der Waals surface area contributed by atoms with Crippen molar-refractivity contribution in [2.45, 2.75) is 51.7 Å². The second-order valence-corrected chi connectivity index (χ2v) is 8.96. The number of carbonyl (C=O) groups excluding carboxylic acids is 1. The molecule has 0 unspecified atom stereocenters. The quantitative estimate of drug-likeness (QED) is 0.566. The number of benzene rings is 2. The van der Waals surface area contributed by atoms with E-state index in [2.05, 4.69) is 65.4 Å². The largest absolute Gasteiger partial charge is 0.444 e. The number of piperidine rings is 1. The molecule has 29 heavy (non-hydrogen) atoms. The SMILES string of the molecule is CC(C)(C)OC(=O)N1CCC(c2cn(Cc3ccccc3)c3ccccc23)CC1. The Hall–Kier alpha value is -2.75. The average Bonchev–Trinajstić information content (AvgIpc) is 3.06. The molecule has 4 nitrogen and oxygen atoms in total. The molecule has 1 aromatic heterocycles. The van der Waals surface area contributed by atoms with E-state index in [0.29, 0.717) is 5.92 Å². The number of aromatic nitrogens is 1. The van der Waals surface area contributed by atoms with Crippen LogP contribution in [-0.2, 0) is 11.3 Å². The number of hydrogen-bond donors (Lipinski definition) is 0. The molecule has 1 fully saturated rings. The molecular formula is C25H30N2O2. The summed E-state index contributed by atoms with van der Waals surface area (Å²) in [4.78, 5) is 14.2. The molecule has 2 aromatic carbocycles. The van der Waals surface area contributed by atoms with E-state index in [4.69, 9.17) is 4.74 Å². The molecule has 0 N–H and O–H groups in total. The fourth-order valence-corrected chi connectivity index (χ4v) is 4.21. The number of fused-ring (bicyclic) bond motifs is 1. The fourth-order valence-electron chi connectivity index (χ4n) is 4.21. The van der Waals surface area contributed by atoms with E-state index in [-0.39, 0.29) is 6.09 Å². The summed E-state index contributed by atoms with van der Waals surface area (Å²) < 4.78 is 7.90. The minimum atomic E-state index is -0.446. The highest BCUT2D eigenvalue weighted by molar-refractivity contribution is 5.84. The van der Waals surface area contributed by atoms with Crippen molar-refractivity contribution in [3.63, 3.8) is 0 Å². The summed E-state index contributed by atoms with van der Waals surface area (Å²) in [5, 5.41) is 1.33. The van der Waals surface area contributed by atoms with E-state index in [1.165, 1.54) is 22.0 Å². The normalized spacial score (nSPS) is 15.6. The first-order chi connectivity index (χ1) is 13.9. The molecule has 4 heteroatoms. The Morgan fingerprint density at radius 3 is 2.34 bits per heavy atom. The van der Waals surface area contributed by atoms with Crippen molar-refractivity contribution in [3.05, 3.63) is 71.9 Å². The molecular weight excluding hydrogens is 360 g/mol. The van der Waals surface area contributed by atoms with Crippen molar-refractivity contribution >= 4 is 17.0 Å². The van der Waals surface area contributed by atoms with Gasteiger partial charge in [0.25, 0.3) is 0 Å². The lowest BCUT2D eigenvalue weighted by molar-refractivity contribution is 0.0205. The molecule has 2 heterocycles. The fraction of sp³-hybridized carbons (Fsp3) is 0.400. The summed E-state index contributed by atoms with van der Waals surface area (Å²) in [6.07, 6.45) is 4.07. The number of amides is 1. The number of hydrogen-bond acceptors (Lipinski definition) is 2. The average molecular weight is 391 g/mol. The Bertz CT molecular complexity index is 977. The van der Waals surface area contributed by atoms with Crippen LogP contribution in [-0.4, -0.2) is 34.3 Å². The van der Waals surface area contributed by atoms with Gasteiger partial charge in [-0.25, -0.2) is 4.79 Å². The Morgan fingerprint density at radius 1 is 1.00 bits per heavy atom. The van der Waals surface area contributed by atoms with Gasteiger partial charge in [0.2, 0.25) is 0 Å². The minimum absolute atomic E-state index is 0.192. The molecule has 1 amide bonds. The van der Waals surface area contributed by atoms with Crippen LogP contribution in [0.4, 0.5) is 4.79 Å². The minimum Gasteiger partial charge on any atom is -0.444 e. The summed E-state index contributed by atoms with van der Waals surface area (Å²) in [6, 6.07) is 19.3. The van der Waals surface area contributed by atoms with Crippen molar-refractivity contribution in [1.82, 2.24) is 9.47 Å². The zero-order valence-electron chi connectivity index (χ0n) is 17.6. The first-order valence-electron chi connectivity index (χ1n) is 10.5. The summed E-state index contributed by atoms with van der Waals surface area (Å²) >= 11 is 0. The lowest BCUT2D eigenvalue weighted by Crippen LogP contribution is -2.41. The molecule has 0 saturated carbocycles. The zero-order chi connectivity index (χ0) is 20.4. The van der Waals surface area contributed by atoms with Crippen LogP contribution in [0.15, 0.2) is 60.8 Å². The molecule has 0 atom stereocenters. The number of rotatable bonds is 3. The van der Waals surface area contributed by atoms with Gasteiger partial charge in [0, 0.05) is 36.7 Å². The maximum Gasteiger partial charge on any atom is 0.410 e. The van der Waals surface area contributed by atoms with Gasteiger partial charge in [-0.2, -0.15) is 0 Å². The lowest BCUT2D eigenvalue weighted by Gasteiger charge is -2.33. The van der Waals surface area contributed by atoms with Crippen molar-refractivity contribution in [2.75, 3.05) is 13.1 Å². The van der Waals surface area contributed by atoms with E-state index >= 15 is 0 Å². The molecule has 3 aromatic rings. The maximum absolute atomic E-state index is 12.4. The number of likely N-dealkylation sites (tertiary alicyclic amines) is 1. The van der Waals surface area contributed by atoms with Crippen LogP contribution in [0.1, 0.15) is 50.7 Å². The molecule has 152 valence electrons. The Morgan fingerprint density at radius 2 is 1.66 bits per heavy atom. The second-order valence-electron chi connectivity index (χ2n) is 8.96. The van der Waals surface area contributed by atoms with Crippen LogP contribution in [0.5, 0.6) is 0 Å². The molecule has 1 aliphatic rings. The summed E-state index contributed by atoms with van der Waals surface area (Å²) in [5.41, 5.74) is 3.54. The van der Waals surface area contributed by atoms with Crippen LogP contribution in [0.2, 0.25) is 0 Å². The highest BCUT2D eigenvalue weighted by Gasteiger charge is 2.28. The van der Waals surface area contributed by atoms with Gasteiger partial charge in [0.1, 0.15) is 5.60 Å². The van der Waals surface area contributed by atoms with Gasteiger partial charge in [0.15, 0.2) is 0 Å².